The zero-order valence-corrected chi connectivity index (χ0v) is 9.86. The summed E-state index contributed by atoms with van der Waals surface area (Å²) in [4.78, 5) is 0. The van der Waals surface area contributed by atoms with Crippen LogP contribution in [0.25, 0.3) is 0 Å². The van der Waals surface area contributed by atoms with Gasteiger partial charge in [0.25, 0.3) is 0 Å². The third-order valence-corrected chi connectivity index (χ3v) is 2.24. The van der Waals surface area contributed by atoms with E-state index in [0.29, 0.717) is 0 Å². The summed E-state index contributed by atoms with van der Waals surface area (Å²) >= 11 is 0. The van der Waals surface area contributed by atoms with Crippen LogP contribution in [0.15, 0.2) is 0 Å². The van der Waals surface area contributed by atoms with Crippen LogP contribution in [-0.4, -0.2) is 12.2 Å². The first kappa shape index (κ1) is 16.0. The van der Waals surface area contributed by atoms with Crippen molar-refractivity contribution in [3.8, 4) is 0 Å². The molecule has 0 rings (SSSR count). The molecule has 0 atom stereocenters. The maximum Gasteiger partial charge on any atom is 1.00 e. The van der Waals surface area contributed by atoms with Crippen molar-refractivity contribution in [2.75, 3.05) is 6.61 Å². The zero-order valence-electron chi connectivity index (χ0n) is 9.86. The van der Waals surface area contributed by atoms with Crippen LogP contribution in [0, 0.1) is 6.92 Å². The average molecular weight is 178 g/mol. The molecule has 0 aliphatic heterocycles. The summed E-state index contributed by atoms with van der Waals surface area (Å²) in [5.74, 6) is 0. The SMILES string of the molecule is [CH2-]CCCCCOC(C)(C)CC.[Li+]. The molecule has 0 bridgehead atoms. The van der Waals surface area contributed by atoms with Gasteiger partial charge < -0.3 is 11.7 Å². The molecule has 0 amide bonds. The summed E-state index contributed by atoms with van der Waals surface area (Å²) in [6, 6.07) is 0. The van der Waals surface area contributed by atoms with Crippen LogP contribution in [0.2, 0.25) is 0 Å². The molecule has 0 saturated carbocycles. The molecule has 74 valence electrons. The van der Waals surface area contributed by atoms with Crippen LogP contribution in [0.3, 0.4) is 0 Å². The van der Waals surface area contributed by atoms with Crippen molar-refractivity contribution in [2.45, 2.75) is 58.5 Å². The van der Waals surface area contributed by atoms with E-state index in [-0.39, 0.29) is 24.5 Å². The van der Waals surface area contributed by atoms with Gasteiger partial charge in [-0.2, -0.15) is 6.42 Å². The fourth-order valence-corrected chi connectivity index (χ4v) is 0.906. The van der Waals surface area contributed by atoms with Gasteiger partial charge in [0.1, 0.15) is 0 Å². The van der Waals surface area contributed by atoms with Gasteiger partial charge in [0.15, 0.2) is 0 Å². The van der Waals surface area contributed by atoms with Gasteiger partial charge in [-0.05, 0) is 26.7 Å². The van der Waals surface area contributed by atoms with Crippen LogP contribution < -0.4 is 18.9 Å². The van der Waals surface area contributed by atoms with Crippen molar-refractivity contribution >= 4 is 0 Å². The van der Waals surface area contributed by atoms with Gasteiger partial charge in [-0.25, -0.2) is 0 Å². The third-order valence-electron chi connectivity index (χ3n) is 2.24. The average Bonchev–Trinajstić information content (AvgIpc) is 2.04. The first-order valence-electron chi connectivity index (χ1n) is 5.05. The standard InChI is InChI=1S/C11H23O.Li/c1-5-7-8-9-10-12-11(3,4)6-2;/h1,5-10H2,2-4H3;/q-1;+1. The predicted molar refractivity (Wildman–Crippen MR) is 54.1 cm³/mol. The van der Waals surface area contributed by atoms with Crippen molar-refractivity contribution < 1.29 is 23.6 Å². The van der Waals surface area contributed by atoms with Crippen LogP contribution >= 0.6 is 0 Å². The second-order valence-corrected chi connectivity index (χ2v) is 3.88. The minimum absolute atomic E-state index is 0. The molecule has 0 aromatic heterocycles. The van der Waals surface area contributed by atoms with Gasteiger partial charge >= 0.3 is 18.9 Å². The number of hydrogen-bond acceptors (Lipinski definition) is 1. The largest absolute Gasteiger partial charge is 1.00 e. The van der Waals surface area contributed by atoms with E-state index in [0.717, 1.165) is 19.4 Å². The summed E-state index contributed by atoms with van der Waals surface area (Å²) in [6.45, 7) is 11.2. The third kappa shape index (κ3) is 10.5. The van der Waals surface area contributed by atoms with Crippen LogP contribution in [0.1, 0.15) is 52.9 Å². The second-order valence-electron chi connectivity index (χ2n) is 3.88. The summed E-state index contributed by atoms with van der Waals surface area (Å²) in [5.41, 5.74) is 0.0739. The molecule has 0 unspecified atom stereocenters. The topological polar surface area (TPSA) is 9.23 Å². The smallest absolute Gasteiger partial charge is 0.376 e. The van der Waals surface area contributed by atoms with Gasteiger partial charge in [0.2, 0.25) is 0 Å². The molecule has 1 nitrogen and oxygen atoms in total. The van der Waals surface area contributed by atoms with Gasteiger partial charge in [0.05, 0.1) is 5.60 Å². The van der Waals surface area contributed by atoms with E-state index in [1.165, 1.54) is 19.3 Å². The van der Waals surface area contributed by atoms with E-state index in [1.54, 1.807) is 0 Å². The molecule has 0 aliphatic carbocycles. The monoisotopic (exact) mass is 178 g/mol. The fraction of sp³-hybridized carbons (Fsp3) is 0.909. The molecule has 0 aliphatic rings. The van der Waals surface area contributed by atoms with E-state index in [2.05, 4.69) is 27.7 Å². The Bertz CT molecular complexity index is 102. The van der Waals surface area contributed by atoms with E-state index < -0.39 is 0 Å². The van der Waals surface area contributed by atoms with Gasteiger partial charge in [-0.15, -0.1) is 0 Å². The first-order valence-corrected chi connectivity index (χ1v) is 5.05. The molecule has 0 aromatic rings. The van der Waals surface area contributed by atoms with E-state index in [4.69, 9.17) is 4.74 Å². The molecule has 13 heavy (non-hydrogen) atoms. The molecule has 0 radical (unpaired) electrons. The number of unbranched alkanes of at least 4 members (excludes halogenated alkanes) is 3. The Morgan fingerprint density at radius 1 is 1.15 bits per heavy atom. The van der Waals surface area contributed by atoms with E-state index in [9.17, 15) is 0 Å². The maximum atomic E-state index is 5.70. The number of rotatable bonds is 7. The Morgan fingerprint density at radius 3 is 2.23 bits per heavy atom. The molecule has 2 heteroatoms. The fourth-order valence-electron chi connectivity index (χ4n) is 0.906. The Balaban J connectivity index is 0. The van der Waals surface area contributed by atoms with Crippen LogP contribution in [0.5, 0.6) is 0 Å². The van der Waals surface area contributed by atoms with Crippen molar-refractivity contribution in [1.29, 1.82) is 0 Å². The minimum Gasteiger partial charge on any atom is -0.376 e. The second kappa shape index (κ2) is 9.13. The number of ether oxygens (including phenoxy) is 1. The zero-order chi connectivity index (χ0) is 9.45. The molecule has 0 N–H and O–H groups in total. The minimum atomic E-state index is 0. The van der Waals surface area contributed by atoms with Crippen molar-refractivity contribution in [3.63, 3.8) is 0 Å². The molecule has 0 aromatic carbocycles. The summed E-state index contributed by atoms with van der Waals surface area (Å²) < 4.78 is 5.70. The first-order chi connectivity index (χ1) is 5.62. The molecule has 0 spiro atoms. The van der Waals surface area contributed by atoms with E-state index in [1.807, 2.05) is 0 Å². The molecule has 0 fully saturated rings. The van der Waals surface area contributed by atoms with Crippen LogP contribution in [0.4, 0.5) is 0 Å². The van der Waals surface area contributed by atoms with Crippen molar-refractivity contribution in [3.05, 3.63) is 6.92 Å². The Kier molecular flexibility index (Phi) is 11.2. The molecular weight excluding hydrogens is 155 g/mol. The normalized spacial score (nSPS) is 11.1. The maximum absolute atomic E-state index is 5.70. The van der Waals surface area contributed by atoms with Gasteiger partial charge in [-0.3, -0.25) is 0 Å². The molecular formula is C11H23LiO. The van der Waals surface area contributed by atoms with Crippen LogP contribution in [-0.2, 0) is 4.74 Å². The Labute approximate surface area is 95.8 Å². The Hall–Kier alpha value is 0.557. The molecule has 0 saturated heterocycles. The molecule has 0 heterocycles. The van der Waals surface area contributed by atoms with E-state index >= 15 is 0 Å². The summed E-state index contributed by atoms with van der Waals surface area (Å²) in [6.07, 6.45) is 5.80. The summed E-state index contributed by atoms with van der Waals surface area (Å²) in [7, 11) is 0. The Morgan fingerprint density at radius 2 is 1.77 bits per heavy atom. The van der Waals surface area contributed by atoms with Crippen molar-refractivity contribution in [1.82, 2.24) is 0 Å². The predicted octanol–water partition coefficient (Wildman–Crippen LogP) is 0.590. The van der Waals surface area contributed by atoms with Gasteiger partial charge in [0, 0.05) is 6.61 Å². The summed E-state index contributed by atoms with van der Waals surface area (Å²) in [5, 5.41) is 0. The van der Waals surface area contributed by atoms with Crippen molar-refractivity contribution in [2.24, 2.45) is 0 Å². The number of hydrogen-bond donors (Lipinski definition) is 0. The van der Waals surface area contributed by atoms with Gasteiger partial charge in [-0.1, -0.05) is 19.8 Å². The quantitative estimate of drug-likeness (QED) is 0.315.